The van der Waals surface area contributed by atoms with Gasteiger partial charge in [0, 0.05) is 34.4 Å². The van der Waals surface area contributed by atoms with Gasteiger partial charge < -0.3 is 34.3 Å². The number of carbonyl (C=O) groups is 3. The summed E-state index contributed by atoms with van der Waals surface area (Å²) in [4.78, 5) is 48.9. The van der Waals surface area contributed by atoms with Crippen molar-refractivity contribution in [2.45, 2.75) is 56.8 Å². The molecule has 12 heteroatoms. The Bertz CT molecular complexity index is 2420. The van der Waals surface area contributed by atoms with Crippen molar-refractivity contribution in [2.75, 3.05) is 12.4 Å². The third-order valence-electron chi connectivity index (χ3n) is 10.9. The van der Waals surface area contributed by atoms with Crippen molar-refractivity contribution in [3.8, 4) is 28.5 Å². The van der Waals surface area contributed by atoms with Crippen LogP contribution in [0.1, 0.15) is 71.5 Å². The number of carbonyl (C=O) groups excluding carboxylic acids is 3. The van der Waals surface area contributed by atoms with Crippen LogP contribution in [0.15, 0.2) is 75.7 Å². The van der Waals surface area contributed by atoms with Crippen LogP contribution in [0.2, 0.25) is 0 Å². The molecule has 1 aliphatic carbocycles. The number of nitrogens with zero attached hydrogens (tertiary/aromatic N) is 2. The molecular weight excluding hydrogens is 662 g/mol. The van der Waals surface area contributed by atoms with Gasteiger partial charge in [0.2, 0.25) is 23.6 Å². The van der Waals surface area contributed by atoms with Crippen molar-refractivity contribution in [1.29, 1.82) is 0 Å². The van der Waals surface area contributed by atoms with Gasteiger partial charge in [-0.05, 0) is 40.7 Å². The van der Waals surface area contributed by atoms with Gasteiger partial charge in [-0.3, -0.25) is 14.4 Å². The Kier molecular flexibility index (Phi) is 6.43. The summed E-state index contributed by atoms with van der Waals surface area (Å²) in [5.74, 6) is 0.326. The lowest BCUT2D eigenvalue weighted by molar-refractivity contribution is -0.144. The summed E-state index contributed by atoms with van der Waals surface area (Å²) in [5.41, 5.74) is 8.13. The van der Waals surface area contributed by atoms with E-state index in [0.29, 0.717) is 23.0 Å². The van der Waals surface area contributed by atoms with E-state index < -0.39 is 47.9 Å². The molecule has 10 rings (SSSR count). The van der Waals surface area contributed by atoms with Crippen LogP contribution < -0.4 is 20.7 Å². The van der Waals surface area contributed by atoms with Gasteiger partial charge in [-0.15, -0.1) is 0 Å². The number of benzene rings is 3. The molecule has 1 spiro atoms. The second-order valence-corrected chi connectivity index (χ2v) is 14.2. The van der Waals surface area contributed by atoms with Gasteiger partial charge in [0.25, 0.3) is 0 Å². The molecule has 260 valence electrons. The summed E-state index contributed by atoms with van der Waals surface area (Å²) in [6.07, 6.45) is 3.66. The molecule has 4 aliphatic heterocycles. The predicted molar refractivity (Wildman–Crippen MR) is 187 cm³/mol. The number of anilines is 1. The molecule has 0 radical (unpaired) electrons. The van der Waals surface area contributed by atoms with E-state index in [1.807, 2.05) is 32.0 Å². The topological polar surface area (TPSA) is 158 Å². The summed E-state index contributed by atoms with van der Waals surface area (Å²) >= 11 is 0. The maximum atomic E-state index is 14.1. The number of hydrogen-bond acceptors (Lipinski definition) is 10. The molecule has 2 unspecified atom stereocenters. The number of oxazole rings is 2. The first-order valence-corrected chi connectivity index (χ1v) is 17.4. The van der Waals surface area contributed by atoms with Gasteiger partial charge in [0.05, 0.1) is 13.3 Å². The number of nitrogens with one attached hydrogen (secondary N) is 3. The fraction of sp³-hybridized carbons (Fsp3) is 0.275. The van der Waals surface area contributed by atoms with Crippen LogP contribution in [0.25, 0.3) is 28.3 Å². The third-order valence-corrected chi connectivity index (χ3v) is 10.9. The van der Waals surface area contributed by atoms with Gasteiger partial charge >= 0.3 is 5.97 Å². The maximum Gasteiger partial charge on any atom is 0.315 e. The van der Waals surface area contributed by atoms with Crippen LogP contribution in [-0.4, -0.2) is 47.1 Å². The van der Waals surface area contributed by atoms with E-state index in [-0.39, 0.29) is 24.1 Å². The zero-order valence-electron chi connectivity index (χ0n) is 28.5. The molecule has 3 aromatic carbocycles. The van der Waals surface area contributed by atoms with Crippen LogP contribution >= 0.6 is 0 Å². The predicted octanol–water partition coefficient (Wildman–Crippen LogP) is 5.19. The first-order chi connectivity index (χ1) is 25.2. The average Bonchev–Trinajstić information content (AvgIpc) is 3.95. The first kappa shape index (κ1) is 30.6. The fourth-order valence-electron chi connectivity index (χ4n) is 8.55. The minimum Gasteiger partial charge on any atom is -0.469 e. The Labute approximate surface area is 297 Å². The summed E-state index contributed by atoms with van der Waals surface area (Å²) in [6.45, 7) is 3.91. The van der Waals surface area contributed by atoms with Crippen LogP contribution in [-0.2, 0) is 37.4 Å². The van der Waals surface area contributed by atoms with Crippen molar-refractivity contribution >= 4 is 29.0 Å². The molecule has 52 heavy (non-hydrogen) atoms. The van der Waals surface area contributed by atoms with E-state index in [1.165, 1.54) is 12.7 Å². The SMILES string of the molecule is COC(=O)CC(=O)NC1Cc2ccc3c(c2)C24c5cccc(c5N[C@H]2O3)-c2cccc3c2C(=CC3)c2cnc(o2)-c2nc(oc24)[C@H](C(C)C)NC1=O. The van der Waals surface area contributed by atoms with Gasteiger partial charge in [-0.1, -0.05) is 68.5 Å². The van der Waals surface area contributed by atoms with E-state index in [1.54, 1.807) is 6.20 Å². The van der Waals surface area contributed by atoms with Crippen molar-refractivity contribution in [1.82, 2.24) is 20.6 Å². The molecule has 2 aromatic heterocycles. The van der Waals surface area contributed by atoms with Crippen molar-refractivity contribution in [3.05, 3.63) is 112 Å². The quantitative estimate of drug-likeness (QED) is 0.169. The number of ether oxygens (including phenoxy) is 2. The van der Waals surface area contributed by atoms with Crippen LogP contribution in [0.4, 0.5) is 5.69 Å². The summed E-state index contributed by atoms with van der Waals surface area (Å²) in [6, 6.07) is 16.7. The summed E-state index contributed by atoms with van der Waals surface area (Å²) in [7, 11) is 1.21. The largest absolute Gasteiger partial charge is 0.469 e. The molecule has 6 heterocycles. The molecule has 10 bridgehead atoms. The Morgan fingerprint density at radius 2 is 1.90 bits per heavy atom. The van der Waals surface area contributed by atoms with Gasteiger partial charge in [-0.25, -0.2) is 9.97 Å². The molecule has 4 atom stereocenters. The van der Waals surface area contributed by atoms with E-state index in [4.69, 9.17) is 28.3 Å². The monoisotopic (exact) mass is 695 g/mol. The molecule has 0 saturated heterocycles. The molecule has 0 fully saturated rings. The Morgan fingerprint density at radius 1 is 1.06 bits per heavy atom. The number of para-hydroxylation sites is 1. The Balaban J connectivity index is 1.26. The highest BCUT2D eigenvalue weighted by atomic mass is 16.5. The zero-order valence-corrected chi connectivity index (χ0v) is 28.5. The number of hydrogen-bond donors (Lipinski definition) is 3. The van der Waals surface area contributed by atoms with E-state index in [9.17, 15) is 14.4 Å². The lowest BCUT2D eigenvalue weighted by atomic mass is 9.72. The summed E-state index contributed by atoms with van der Waals surface area (Å²) < 4.78 is 25.1. The standard InChI is InChI=1S/C40H33N5O7/c1-18(2)32-38-44-34-35(52-38)40-24-9-5-8-22(21-7-4-6-20-11-12-23(31(20)21)28-17-41-37(34)50-28)33(24)45-39(40)51-27-13-10-19(14-25(27)40)15-26(36(48)43-32)42-29(46)16-30(47)49-3/h4-10,12-14,17-18,26,32,39,45H,11,15-16H2,1-3H3,(H,42,46)(H,43,48)/t26?,32-,39-,40?/m0/s1. The van der Waals surface area contributed by atoms with E-state index in [0.717, 1.165) is 51.1 Å². The highest BCUT2D eigenvalue weighted by Crippen LogP contribution is 2.61. The number of esters is 1. The molecule has 0 saturated carbocycles. The number of fused-ring (bicyclic) bond motifs is 7. The Hall–Kier alpha value is -6.17. The number of aromatic nitrogens is 2. The molecule has 3 N–H and O–H groups in total. The van der Waals surface area contributed by atoms with Crippen molar-refractivity contribution < 1.29 is 32.7 Å². The van der Waals surface area contributed by atoms with E-state index in [2.05, 4.69) is 58.4 Å². The van der Waals surface area contributed by atoms with Crippen LogP contribution in [0, 0.1) is 5.92 Å². The average molecular weight is 696 g/mol. The minimum atomic E-state index is -1.06. The van der Waals surface area contributed by atoms with Crippen LogP contribution in [0.3, 0.4) is 0 Å². The smallest absolute Gasteiger partial charge is 0.315 e. The van der Waals surface area contributed by atoms with Gasteiger partial charge in [0.15, 0.2) is 23.4 Å². The van der Waals surface area contributed by atoms with Crippen LogP contribution in [0.5, 0.6) is 5.75 Å². The summed E-state index contributed by atoms with van der Waals surface area (Å²) in [5, 5.41) is 9.63. The number of rotatable bonds is 4. The lowest BCUT2D eigenvalue weighted by Crippen LogP contribution is -2.50. The van der Waals surface area contributed by atoms with Gasteiger partial charge in [0.1, 0.15) is 29.7 Å². The zero-order chi connectivity index (χ0) is 35.5. The third kappa shape index (κ3) is 4.17. The molecular formula is C40H33N5O7. The lowest BCUT2D eigenvalue weighted by Gasteiger charge is -2.28. The highest BCUT2D eigenvalue weighted by molar-refractivity contribution is 5.98. The molecule has 5 aromatic rings. The fourth-order valence-corrected chi connectivity index (χ4v) is 8.55. The van der Waals surface area contributed by atoms with Crippen molar-refractivity contribution in [2.24, 2.45) is 5.92 Å². The molecule has 2 amide bonds. The first-order valence-electron chi connectivity index (χ1n) is 17.4. The number of amides is 2. The maximum absolute atomic E-state index is 14.1. The number of methoxy groups -OCH3 is 1. The minimum absolute atomic E-state index is 0.144. The Morgan fingerprint density at radius 3 is 2.75 bits per heavy atom. The second-order valence-electron chi connectivity index (χ2n) is 14.2. The highest BCUT2D eigenvalue weighted by Gasteiger charge is 2.61. The molecule has 5 aliphatic rings. The number of allylic oxidation sites excluding steroid dienone is 1. The second kappa shape index (κ2) is 10.9. The van der Waals surface area contributed by atoms with E-state index >= 15 is 0 Å². The van der Waals surface area contributed by atoms with Gasteiger partial charge in [-0.2, -0.15) is 0 Å². The van der Waals surface area contributed by atoms with Crippen molar-refractivity contribution in [3.63, 3.8) is 0 Å². The molecule has 12 nitrogen and oxygen atoms in total. The normalized spacial score (nSPS) is 22.5.